The number of anilines is 3. The van der Waals surface area contributed by atoms with Crippen LogP contribution in [0.15, 0.2) is 164 Å². The van der Waals surface area contributed by atoms with Crippen molar-refractivity contribution in [3.63, 3.8) is 0 Å². The van der Waals surface area contributed by atoms with E-state index in [-0.39, 0.29) is 16.7 Å². The fourth-order valence-electron chi connectivity index (χ4n) is 11.4. The number of hydrogen-bond acceptors (Lipinski definition) is 6. The Labute approximate surface area is 611 Å². The summed E-state index contributed by atoms with van der Waals surface area (Å²) in [6.45, 7) is 8.90. The molecular weight excluding hydrogens is 1260 g/mol. The predicted molar refractivity (Wildman–Crippen MR) is 422 cm³/mol. The van der Waals surface area contributed by atoms with Gasteiger partial charge >= 0.3 is 0 Å². The Morgan fingerprint density at radius 3 is 0.618 bits per heavy atom. The average Bonchev–Trinajstić information content (AvgIpc) is 0.815. The van der Waals surface area contributed by atoms with Gasteiger partial charge in [-0.15, -0.1) is 0 Å². The van der Waals surface area contributed by atoms with E-state index in [2.05, 4.69) is 108 Å². The van der Waals surface area contributed by atoms with E-state index in [0.29, 0.717) is 53.6 Å². The Morgan fingerprint density at radius 2 is 0.422 bits per heavy atom. The summed E-state index contributed by atoms with van der Waals surface area (Å²) in [5.41, 5.74) is 6.34. The van der Waals surface area contributed by atoms with E-state index in [4.69, 9.17) is 14.2 Å². The molecule has 0 bridgehead atoms. The molecule has 0 unspecified atom stereocenters. The Balaban J connectivity index is 0.924. The number of amides is 3. The Hall–Kier alpha value is -10.3. The minimum absolute atomic E-state index is 0.0896. The van der Waals surface area contributed by atoms with Crippen molar-refractivity contribution in [2.75, 3.05) is 35.8 Å². The number of hydrogen-bond donors (Lipinski definition) is 3. The zero-order valence-electron chi connectivity index (χ0n) is 60.9. The van der Waals surface area contributed by atoms with E-state index >= 15 is 0 Å². The molecule has 9 heteroatoms. The van der Waals surface area contributed by atoms with Gasteiger partial charge in [-0.2, -0.15) is 0 Å². The van der Waals surface area contributed by atoms with Crippen molar-refractivity contribution >= 4 is 34.8 Å². The third-order valence-corrected chi connectivity index (χ3v) is 17.4. The number of carbonyl (C=O) groups is 3. The second-order valence-electron chi connectivity index (χ2n) is 26.1. The van der Waals surface area contributed by atoms with Crippen molar-refractivity contribution in [3.8, 4) is 88.3 Å². The maximum Gasteiger partial charge on any atom is 0.255 e. The minimum Gasteiger partial charge on any atom is -0.494 e. The summed E-state index contributed by atoms with van der Waals surface area (Å²) in [7, 11) is 0. The third kappa shape index (κ3) is 33.3. The number of benzene rings is 7. The molecule has 0 radical (unpaired) electrons. The topological polar surface area (TPSA) is 115 Å². The van der Waals surface area contributed by atoms with E-state index in [0.717, 1.165) is 53.2 Å². The molecule has 0 aliphatic heterocycles. The maximum absolute atomic E-state index is 14.1. The summed E-state index contributed by atoms with van der Waals surface area (Å²) in [5, 5.41) is 8.74. The van der Waals surface area contributed by atoms with Gasteiger partial charge < -0.3 is 30.2 Å². The number of nitrogens with one attached hydrogen (secondary N) is 3. The Bertz CT molecular complexity index is 3590. The monoisotopic (exact) mass is 1360 g/mol. The van der Waals surface area contributed by atoms with Crippen LogP contribution in [0.3, 0.4) is 0 Å². The van der Waals surface area contributed by atoms with Crippen LogP contribution in [0.2, 0.25) is 0 Å². The van der Waals surface area contributed by atoms with Gasteiger partial charge in [0.25, 0.3) is 17.7 Å². The van der Waals surface area contributed by atoms with Gasteiger partial charge in [-0.05, 0) is 219 Å². The third-order valence-electron chi connectivity index (χ3n) is 17.4. The Kier molecular flexibility index (Phi) is 38.2. The summed E-state index contributed by atoms with van der Waals surface area (Å²) >= 11 is 0. The zero-order chi connectivity index (χ0) is 71.5. The van der Waals surface area contributed by atoms with Gasteiger partial charge in [0.15, 0.2) is 0 Å². The molecule has 0 fully saturated rings. The van der Waals surface area contributed by atoms with Gasteiger partial charge in [-0.1, -0.05) is 230 Å². The lowest BCUT2D eigenvalue weighted by molar-refractivity contribution is 0.102. The zero-order valence-corrected chi connectivity index (χ0v) is 60.9. The quantitative estimate of drug-likeness (QED) is 0.0259. The standard InChI is InChI=1S/C93H105N3O6/c1-4-7-10-13-16-19-22-25-28-37-70-100-88-64-52-79(53-65-88)43-34-31-40-76-46-58-85(59-47-76)94-91(97)82-73-83(92(98)95-86-60-48-77(49-61-86)41-32-35-44-80-54-66-89(67-55-80)101-71-38-29-26-23-20-17-14-11-8-5-2)75-84(74-82)93(99)96-87-62-50-78(51-63-87)42-33-36-45-81-56-68-90(69-57-81)102-72-39-30-27-24-21-18-15-12-9-6-3/h46-69,73-75H,4-30,37-39,70-72H2,1-3H3,(H,94,97)(H,95,98)(H,96,99). The smallest absolute Gasteiger partial charge is 0.255 e. The first-order chi connectivity index (χ1) is 50.2. The molecule has 3 N–H and O–H groups in total. The first-order valence-electron chi connectivity index (χ1n) is 37.9. The van der Waals surface area contributed by atoms with E-state index in [9.17, 15) is 14.4 Å². The first kappa shape index (κ1) is 79.0. The lowest BCUT2D eigenvalue weighted by atomic mass is 10.0. The molecule has 3 amide bonds. The molecule has 102 heavy (non-hydrogen) atoms. The normalized spacial score (nSPS) is 10.3. The van der Waals surface area contributed by atoms with Gasteiger partial charge in [0.2, 0.25) is 0 Å². The summed E-state index contributed by atoms with van der Waals surface area (Å²) in [6, 6.07) is 48.8. The molecule has 0 atom stereocenters. The maximum atomic E-state index is 14.1. The highest BCUT2D eigenvalue weighted by Gasteiger charge is 2.18. The van der Waals surface area contributed by atoms with Crippen LogP contribution in [-0.4, -0.2) is 37.5 Å². The largest absolute Gasteiger partial charge is 0.494 e. The molecule has 0 spiro atoms. The van der Waals surface area contributed by atoms with Crippen molar-refractivity contribution < 1.29 is 28.6 Å². The van der Waals surface area contributed by atoms with Crippen LogP contribution in [-0.2, 0) is 0 Å². The minimum atomic E-state index is -0.530. The first-order valence-corrected chi connectivity index (χ1v) is 37.9. The summed E-state index contributed by atoms with van der Waals surface area (Å²) in [6.07, 6.45) is 38.6. The predicted octanol–water partition coefficient (Wildman–Crippen LogP) is 22.6. The molecule has 7 aromatic carbocycles. The van der Waals surface area contributed by atoms with Gasteiger partial charge in [-0.25, -0.2) is 0 Å². The molecular formula is C93H105N3O6. The molecule has 9 nitrogen and oxygen atoms in total. The van der Waals surface area contributed by atoms with Crippen LogP contribution in [0.4, 0.5) is 17.1 Å². The van der Waals surface area contributed by atoms with Gasteiger partial charge in [0, 0.05) is 67.1 Å². The molecule has 0 saturated heterocycles. The van der Waals surface area contributed by atoms with Crippen LogP contribution in [0.25, 0.3) is 0 Å². The van der Waals surface area contributed by atoms with E-state index in [1.807, 2.05) is 72.8 Å². The van der Waals surface area contributed by atoms with E-state index in [1.54, 1.807) is 72.8 Å². The van der Waals surface area contributed by atoms with Gasteiger partial charge in [0.1, 0.15) is 17.2 Å². The summed E-state index contributed by atoms with van der Waals surface area (Å²) in [4.78, 5) is 42.2. The molecule has 528 valence electrons. The highest BCUT2D eigenvalue weighted by molar-refractivity contribution is 6.13. The molecule has 0 heterocycles. The Morgan fingerprint density at radius 1 is 0.245 bits per heavy atom. The molecule has 0 aromatic heterocycles. The average molecular weight is 1360 g/mol. The number of rotatable bonds is 42. The van der Waals surface area contributed by atoms with E-state index < -0.39 is 17.7 Å². The van der Waals surface area contributed by atoms with Gasteiger partial charge in [-0.3, -0.25) is 14.4 Å². The van der Waals surface area contributed by atoms with Crippen molar-refractivity contribution in [1.29, 1.82) is 0 Å². The summed E-state index contributed by atoms with van der Waals surface area (Å²) < 4.78 is 17.9. The van der Waals surface area contributed by atoms with Crippen molar-refractivity contribution in [2.24, 2.45) is 0 Å². The fourth-order valence-corrected chi connectivity index (χ4v) is 11.4. The SMILES string of the molecule is CCCCCCCCCCCCOc1ccc(C#CC#Cc2ccc(NC(=O)c3cc(C(=O)Nc4ccc(C#CC#Cc5ccc(OCCCCCCCCCCCC)cc5)cc4)cc(C(=O)Nc4ccc(C#CC#Cc5ccc(OCCCCCCCCCCCC)cc5)cc4)c3)cc2)cc1. The number of unbranched alkanes of at least 4 members (excludes halogenated alkanes) is 27. The van der Waals surface area contributed by atoms with Crippen molar-refractivity contribution in [1.82, 2.24) is 0 Å². The molecule has 0 saturated carbocycles. The highest BCUT2D eigenvalue weighted by atomic mass is 16.5. The number of ether oxygens (including phenoxy) is 3. The molecule has 0 aliphatic carbocycles. The lowest BCUT2D eigenvalue weighted by Crippen LogP contribution is -2.19. The lowest BCUT2D eigenvalue weighted by Gasteiger charge is -2.12. The fraction of sp³-hybridized carbons (Fsp3) is 0.387. The second kappa shape index (κ2) is 49.3. The second-order valence-corrected chi connectivity index (χ2v) is 26.1. The van der Waals surface area contributed by atoms with Crippen LogP contribution < -0.4 is 30.2 Å². The molecule has 7 rings (SSSR count). The van der Waals surface area contributed by atoms with Gasteiger partial charge in [0.05, 0.1) is 19.8 Å². The van der Waals surface area contributed by atoms with E-state index in [1.165, 1.54) is 192 Å². The van der Waals surface area contributed by atoms with Crippen molar-refractivity contribution in [2.45, 2.75) is 213 Å². The van der Waals surface area contributed by atoms with Crippen molar-refractivity contribution in [3.05, 3.63) is 214 Å². The van der Waals surface area contributed by atoms with Crippen LogP contribution in [0.1, 0.15) is 278 Å². The number of carbonyl (C=O) groups excluding carboxylic acids is 3. The van der Waals surface area contributed by atoms with Crippen LogP contribution in [0.5, 0.6) is 17.2 Å². The summed E-state index contributed by atoms with van der Waals surface area (Å²) in [5.74, 6) is 37.0. The van der Waals surface area contributed by atoms with Crippen LogP contribution >= 0.6 is 0 Å². The molecule has 0 aliphatic rings. The highest BCUT2D eigenvalue weighted by Crippen LogP contribution is 2.22. The van der Waals surface area contributed by atoms with Crippen LogP contribution in [0, 0.1) is 71.0 Å². The molecule has 7 aromatic rings.